The Kier molecular flexibility index (Phi) is 17.4. The van der Waals surface area contributed by atoms with E-state index in [-0.39, 0.29) is 0 Å². The van der Waals surface area contributed by atoms with Crippen molar-refractivity contribution in [1.29, 1.82) is 0 Å². The van der Waals surface area contributed by atoms with Crippen molar-refractivity contribution in [3.8, 4) is 11.3 Å². The highest BCUT2D eigenvalue weighted by atomic mass is 15.0. The Morgan fingerprint density at radius 1 is 0.714 bits per heavy atom. The maximum absolute atomic E-state index is 3.89. The van der Waals surface area contributed by atoms with Crippen LogP contribution in [0, 0.1) is 11.8 Å². The van der Waals surface area contributed by atoms with Crippen LogP contribution in [0.5, 0.6) is 0 Å². The average Bonchev–Trinajstić information content (AvgIpc) is 3.47. The van der Waals surface area contributed by atoms with E-state index < -0.39 is 0 Å². The Labute approximate surface area is 259 Å². The van der Waals surface area contributed by atoms with Crippen molar-refractivity contribution in [2.75, 3.05) is 0 Å². The van der Waals surface area contributed by atoms with Gasteiger partial charge in [0.2, 0.25) is 0 Å². The maximum Gasteiger partial charge on any atom is 0.0482 e. The van der Waals surface area contributed by atoms with Gasteiger partial charge < -0.3 is 4.57 Å². The van der Waals surface area contributed by atoms with E-state index in [9.17, 15) is 0 Å². The van der Waals surface area contributed by atoms with Crippen LogP contribution in [0.25, 0.3) is 11.3 Å². The van der Waals surface area contributed by atoms with E-state index in [0.29, 0.717) is 11.8 Å². The predicted octanol–water partition coefficient (Wildman–Crippen LogP) is 12.2. The first kappa shape index (κ1) is 35.1. The predicted molar refractivity (Wildman–Crippen MR) is 188 cm³/mol. The monoisotopic (exact) mass is 565 g/mol. The lowest BCUT2D eigenvalue weighted by Crippen LogP contribution is -2.11. The first-order valence-electron chi connectivity index (χ1n) is 16.9. The van der Waals surface area contributed by atoms with Crippen LogP contribution in [0.1, 0.15) is 103 Å². The molecule has 1 aliphatic rings. The molecule has 0 saturated carbocycles. The fourth-order valence-corrected chi connectivity index (χ4v) is 5.50. The molecule has 0 spiro atoms. The molecule has 1 heterocycles. The van der Waals surface area contributed by atoms with Crippen molar-refractivity contribution >= 4 is 0 Å². The second-order valence-electron chi connectivity index (χ2n) is 11.4. The van der Waals surface area contributed by atoms with Crippen molar-refractivity contribution in [2.45, 2.75) is 112 Å². The Morgan fingerprint density at radius 3 is 1.98 bits per heavy atom. The Morgan fingerprint density at radius 2 is 1.40 bits per heavy atom. The van der Waals surface area contributed by atoms with Gasteiger partial charge in [0.25, 0.3) is 0 Å². The van der Waals surface area contributed by atoms with E-state index in [1.807, 2.05) is 0 Å². The summed E-state index contributed by atoms with van der Waals surface area (Å²) in [6.45, 7) is 18.4. The number of aryl methyl sites for hydroxylation is 3. The molecule has 2 unspecified atom stereocenters. The molecule has 1 nitrogen and oxygen atoms in total. The van der Waals surface area contributed by atoms with Gasteiger partial charge in [0.1, 0.15) is 0 Å². The Hall–Kier alpha value is -3.06. The van der Waals surface area contributed by atoms with Crippen LogP contribution in [0.15, 0.2) is 103 Å². The number of unbranched alkanes of at least 4 members (excludes halogenated alkanes) is 2. The second-order valence-corrected chi connectivity index (χ2v) is 11.4. The molecule has 0 fully saturated rings. The number of benzene rings is 2. The van der Waals surface area contributed by atoms with Crippen LogP contribution in [0.4, 0.5) is 0 Å². The third-order valence-electron chi connectivity index (χ3n) is 8.25. The molecule has 2 atom stereocenters. The zero-order chi connectivity index (χ0) is 30.6. The van der Waals surface area contributed by atoms with Gasteiger partial charge in [0, 0.05) is 23.9 Å². The van der Waals surface area contributed by atoms with Crippen molar-refractivity contribution < 1.29 is 0 Å². The lowest BCUT2D eigenvalue weighted by molar-refractivity contribution is 0.498. The Balaban J connectivity index is 0.000000225. The fourth-order valence-electron chi connectivity index (χ4n) is 5.50. The lowest BCUT2D eigenvalue weighted by atomic mass is 9.82. The highest BCUT2D eigenvalue weighted by Crippen LogP contribution is 2.28. The molecule has 0 bridgehead atoms. The summed E-state index contributed by atoms with van der Waals surface area (Å²) in [5.41, 5.74) is 8.53. The number of nitrogens with zero attached hydrogens (tertiary/aromatic N) is 1. The van der Waals surface area contributed by atoms with E-state index in [1.165, 1.54) is 78.6 Å². The third kappa shape index (κ3) is 11.7. The van der Waals surface area contributed by atoms with Gasteiger partial charge in [-0.05, 0) is 79.7 Å². The average molecular weight is 566 g/mol. The zero-order valence-electron chi connectivity index (χ0n) is 27.7. The summed E-state index contributed by atoms with van der Waals surface area (Å²) in [5.74, 6) is 1.26. The van der Waals surface area contributed by atoms with E-state index in [0.717, 1.165) is 25.8 Å². The zero-order valence-corrected chi connectivity index (χ0v) is 27.7. The third-order valence-corrected chi connectivity index (χ3v) is 8.25. The summed E-state index contributed by atoms with van der Waals surface area (Å²) < 4.78 is 2.47. The molecule has 3 aromatic rings. The molecule has 2 aromatic carbocycles. The number of rotatable bonds is 13. The summed E-state index contributed by atoms with van der Waals surface area (Å²) >= 11 is 0. The molecule has 1 heteroatoms. The molecule has 4 rings (SSSR count). The SMILES string of the molecule is C=CC1C=CC(CC)=CC1CCC.CCCCc1ccc(CC)cc1.CCCCn1c(CC)ccc1-c1ccccc1. The largest absolute Gasteiger partial charge is 0.345 e. The summed E-state index contributed by atoms with van der Waals surface area (Å²) in [6, 6.07) is 24.2. The van der Waals surface area contributed by atoms with Crippen LogP contribution >= 0.6 is 0 Å². The van der Waals surface area contributed by atoms with E-state index in [2.05, 4.69) is 144 Å². The van der Waals surface area contributed by atoms with Crippen molar-refractivity contribution in [3.05, 3.63) is 120 Å². The van der Waals surface area contributed by atoms with Gasteiger partial charge in [0.05, 0.1) is 0 Å². The highest BCUT2D eigenvalue weighted by Gasteiger charge is 2.16. The topological polar surface area (TPSA) is 4.93 Å². The van der Waals surface area contributed by atoms with Crippen molar-refractivity contribution in [3.63, 3.8) is 0 Å². The quantitative estimate of drug-likeness (QED) is 0.182. The van der Waals surface area contributed by atoms with E-state index in [4.69, 9.17) is 0 Å². The van der Waals surface area contributed by atoms with Crippen molar-refractivity contribution in [1.82, 2.24) is 4.57 Å². The molecule has 1 aliphatic carbocycles. The van der Waals surface area contributed by atoms with Gasteiger partial charge in [-0.1, -0.05) is 145 Å². The number of aromatic nitrogens is 1. The normalized spacial score (nSPS) is 15.6. The minimum Gasteiger partial charge on any atom is -0.345 e. The second kappa shape index (κ2) is 20.8. The van der Waals surface area contributed by atoms with E-state index in [1.54, 1.807) is 0 Å². The van der Waals surface area contributed by atoms with Gasteiger partial charge in [0.15, 0.2) is 0 Å². The van der Waals surface area contributed by atoms with Crippen LogP contribution in [0.3, 0.4) is 0 Å². The molecule has 0 radical (unpaired) electrons. The van der Waals surface area contributed by atoms with E-state index >= 15 is 0 Å². The summed E-state index contributed by atoms with van der Waals surface area (Å²) in [5, 5.41) is 0. The molecular weight excluding hydrogens is 506 g/mol. The Bertz CT molecular complexity index is 1180. The molecule has 0 saturated heterocycles. The molecule has 0 amide bonds. The van der Waals surface area contributed by atoms with Gasteiger partial charge in [-0.3, -0.25) is 0 Å². The van der Waals surface area contributed by atoms with Crippen LogP contribution < -0.4 is 0 Å². The highest BCUT2D eigenvalue weighted by molar-refractivity contribution is 5.60. The molecule has 1 aromatic heterocycles. The summed E-state index contributed by atoms with van der Waals surface area (Å²) in [6.07, 6.45) is 21.3. The van der Waals surface area contributed by atoms with Crippen LogP contribution in [-0.2, 0) is 25.8 Å². The lowest BCUT2D eigenvalue weighted by Gasteiger charge is -2.22. The first-order valence-corrected chi connectivity index (χ1v) is 16.9. The standard InChI is InChI=1S/C16H21N.C13H20.C12H18/c1-3-5-13-17-15(4-2)11-12-16(17)14-9-7-6-8-10-14;1-4-7-13-10-11(5-2)8-9-12(13)6-3;1-3-5-6-12-9-7-11(4-2)8-10-12/h6-12H,3-5,13H2,1-2H3;6,8-10,12-13H,3-5,7H2,1-2H3;7-10H,3-6H2,1-2H3. The number of hydrogen-bond acceptors (Lipinski definition) is 0. The minimum atomic E-state index is 0.565. The van der Waals surface area contributed by atoms with Gasteiger partial charge in [-0.2, -0.15) is 0 Å². The van der Waals surface area contributed by atoms with Crippen molar-refractivity contribution in [2.24, 2.45) is 11.8 Å². The van der Waals surface area contributed by atoms with Gasteiger partial charge in [-0.15, -0.1) is 6.58 Å². The minimum absolute atomic E-state index is 0.565. The molecule has 0 aliphatic heterocycles. The molecule has 0 N–H and O–H groups in total. The van der Waals surface area contributed by atoms with Crippen LogP contribution in [0.2, 0.25) is 0 Å². The fraction of sp³-hybridized carbons (Fsp3) is 0.463. The van der Waals surface area contributed by atoms with Gasteiger partial charge in [-0.25, -0.2) is 0 Å². The molecular formula is C41H59N. The summed E-state index contributed by atoms with van der Waals surface area (Å²) in [4.78, 5) is 0. The summed E-state index contributed by atoms with van der Waals surface area (Å²) in [7, 11) is 0. The first-order chi connectivity index (χ1) is 20.5. The number of allylic oxidation sites excluding steroid dienone is 5. The van der Waals surface area contributed by atoms with Crippen LogP contribution in [-0.4, -0.2) is 4.57 Å². The molecule has 42 heavy (non-hydrogen) atoms. The smallest absolute Gasteiger partial charge is 0.0482 e. The molecule has 228 valence electrons. The van der Waals surface area contributed by atoms with Gasteiger partial charge >= 0.3 is 0 Å². The number of hydrogen-bond donors (Lipinski definition) is 0. The maximum atomic E-state index is 3.89.